The Morgan fingerprint density at radius 1 is 0.926 bits per heavy atom. The van der Waals surface area contributed by atoms with Crippen molar-refractivity contribution in [1.29, 1.82) is 0 Å². The average Bonchev–Trinajstić information content (AvgIpc) is 2.61. The van der Waals surface area contributed by atoms with E-state index in [4.69, 9.17) is 17.0 Å². The number of amides is 1. The van der Waals surface area contributed by atoms with Gasteiger partial charge in [-0.2, -0.15) is 0 Å². The molecule has 2 aromatic rings. The van der Waals surface area contributed by atoms with Crippen LogP contribution in [0.25, 0.3) is 10.8 Å². The highest BCUT2D eigenvalue weighted by Crippen LogP contribution is 2.22. The van der Waals surface area contributed by atoms with Gasteiger partial charge in [-0.3, -0.25) is 0 Å². The molecule has 0 spiro atoms. The van der Waals surface area contributed by atoms with Gasteiger partial charge in [0.25, 0.3) is 0 Å². The Kier molecular flexibility index (Phi) is 7.67. The second kappa shape index (κ2) is 9.97. The van der Waals surface area contributed by atoms with E-state index in [0.29, 0.717) is 24.7 Å². The first-order valence-electron chi connectivity index (χ1n) is 9.05. The number of hydrogen-bond donors (Lipinski definition) is 4. The van der Waals surface area contributed by atoms with E-state index in [0.717, 1.165) is 12.2 Å². The summed E-state index contributed by atoms with van der Waals surface area (Å²) >= 11 is 5.23. The Morgan fingerprint density at radius 3 is 2.30 bits per heavy atom. The van der Waals surface area contributed by atoms with Crippen molar-refractivity contribution in [1.82, 2.24) is 16.0 Å². The number of hydrogen-bond acceptors (Lipinski definition) is 4. The van der Waals surface area contributed by atoms with Crippen LogP contribution in [-0.2, 0) is 4.74 Å². The number of benzene rings is 2. The van der Waals surface area contributed by atoms with Crippen molar-refractivity contribution >= 4 is 39.9 Å². The molecule has 0 aliphatic carbocycles. The number of thiocarbonyl (C=S) groups is 1. The molecule has 0 aromatic heterocycles. The molecule has 4 N–H and O–H groups in total. The summed E-state index contributed by atoms with van der Waals surface area (Å²) in [6.07, 6.45) is -0.428. The monoisotopic (exact) mass is 388 g/mol. The van der Waals surface area contributed by atoms with E-state index in [1.807, 2.05) is 39.0 Å². The van der Waals surface area contributed by atoms with Crippen LogP contribution in [0, 0.1) is 0 Å². The fourth-order valence-electron chi connectivity index (χ4n) is 2.47. The van der Waals surface area contributed by atoms with Gasteiger partial charge in [0.1, 0.15) is 5.60 Å². The number of anilines is 1. The Bertz CT molecular complexity index is 769. The normalized spacial score (nSPS) is 10.9. The predicted molar refractivity (Wildman–Crippen MR) is 115 cm³/mol. The number of fused-ring (bicyclic) bond motifs is 1. The van der Waals surface area contributed by atoms with Crippen LogP contribution in [-0.4, -0.2) is 43.0 Å². The fraction of sp³-hybridized carbons (Fsp3) is 0.400. The second-order valence-corrected chi connectivity index (χ2v) is 7.47. The Morgan fingerprint density at radius 2 is 1.56 bits per heavy atom. The van der Waals surface area contributed by atoms with Gasteiger partial charge >= 0.3 is 6.09 Å². The lowest BCUT2D eigenvalue weighted by Gasteiger charge is -2.19. The van der Waals surface area contributed by atoms with Crippen LogP contribution in [0.3, 0.4) is 0 Å². The molecule has 0 aliphatic rings. The van der Waals surface area contributed by atoms with Gasteiger partial charge < -0.3 is 26.0 Å². The molecule has 0 radical (unpaired) electrons. The van der Waals surface area contributed by atoms with Crippen molar-refractivity contribution in [2.24, 2.45) is 0 Å². The van der Waals surface area contributed by atoms with Gasteiger partial charge in [-0.1, -0.05) is 36.4 Å². The molecule has 6 nitrogen and oxygen atoms in total. The molecule has 0 aliphatic heterocycles. The van der Waals surface area contributed by atoms with E-state index < -0.39 is 11.7 Å². The van der Waals surface area contributed by atoms with Crippen molar-refractivity contribution < 1.29 is 9.53 Å². The first kappa shape index (κ1) is 20.8. The van der Waals surface area contributed by atoms with E-state index >= 15 is 0 Å². The van der Waals surface area contributed by atoms with Crippen LogP contribution in [0.1, 0.15) is 20.8 Å². The van der Waals surface area contributed by atoms with Crippen molar-refractivity contribution in [3.05, 3.63) is 42.5 Å². The minimum Gasteiger partial charge on any atom is -0.444 e. The largest absolute Gasteiger partial charge is 0.444 e. The topological polar surface area (TPSA) is 74.4 Å². The van der Waals surface area contributed by atoms with Gasteiger partial charge in [0.05, 0.1) is 0 Å². The zero-order chi connectivity index (χ0) is 19.7. The van der Waals surface area contributed by atoms with Crippen molar-refractivity contribution in [2.45, 2.75) is 26.4 Å². The summed E-state index contributed by atoms with van der Waals surface area (Å²) in [5.41, 5.74) is 0.612. The molecule has 27 heavy (non-hydrogen) atoms. The average molecular weight is 389 g/mol. The summed E-state index contributed by atoms with van der Waals surface area (Å²) in [6, 6.07) is 14.5. The third-order valence-corrected chi connectivity index (χ3v) is 3.88. The van der Waals surface area contributed by atoms with Gasteiger partial charge in [0.15, 0.2) is 5.11 Å². The number of alkyl carbamates (subject to hydrolysis) is 1. The Balaban J connectivity index is 1.60. The summed E-state index contributed by atoms with van der Waals surface area (Å²) in [6.45, 7) is 7.88. The molecule has 0 atom stereocenters. The molecule has 0 unspecified atom stereocenters. The molecule has 0 fully saturated rings. The number of carbonyl (C=O) groups excluding carboxylic acids is 1. The minimum atomic E-state index is -0.495. The van der Waals surface area contributed by atoms with Crippen LogP contribution in [0.5, 0.6) is 0 Å². The number of carbonyl (C=O) groups is 1. The Labute approximate surface area is 166 Å². The maximum atomic E-state index is 11.5. The molecule has 146 valence electrons. The summed E-state index contributed by atoms with van der Waals surface area (Å²) in [7, 11) is 0. The zero-order valence-corrected chi connectivity index (χ0v) is 16.9. The second-order valence-electron chi connectivity index (χ2n) is 7.06. The van der Waals surface area contributed by atoms with Gasteiger partial charge in [0, 0.05) is 37.3 Å². The van der Waals surface area contributed by atoms with E-state index in [1.165, 1.54) is 10.8 Å². The van der Waals surface area contributed by atoms with Gasteiger partial charge in [-0.05, 0) is 44.4 Å². The predicted octanol–water partition coefficient (Wildman–Crippen LogP) is 3.24. The summed E-state index contributed by atoms with van der Waals surface area (Å²) in [5.74, 6) is 0. The smallest absolute Gasteiger partial charge is 0.407 e. The fourth-order valence-corrected chi connectivity index (χ4v) is 2.67. The molecule has 2 rings (SSSR count). The molecule has 1 amide bonds. The van der Waals surface area contributed by atoms with Crippen molar-refractivity contribution in [2.75, 3.05) is 31.5 Å². The maximum Gasteiger partial charge on any atom is 0.407 e. The highest BCUT2D eigenvalue weighted by molar-refractivity contribution is 7.80. The van der Waals surface area contributed by atoms with Crippen molar-refractivity contribution in [3.63, 3.8) is 0 Å². The summed E-state index contributed by atoms with van der Waals surface area (Å²) in [5, 5.41) is 15.3. The third-order valence-electron chi connectivity index (χ3n) is 3.59. The molecular weight excluding hydrogens is 360 g/mol. The molecule has 0 saturated carbocycles. The first-order valence-corrected chi connectivity index (χ1v) is 9.46. The van der Waals surface area contributed by atoms with E-state index in [-0.39, 0.29) is 0 Å². The van der Waals surface area contributed by atoms with Gasteiger partial charge in [0.2, 0.25) is 0 Å². The highest BCUT2D eigenvalue weighted by Gasteiger charge is 2.15. The van der Waals surface area contributed by atoms with E-state index in [2.05, 4.69) is 45.5 Å². The van der Waals surface area contributed by atoms with Crippen LogP contribution in [0.15, 0.2) is 42.5 Å². The summed E-state index contributed by atoms with van der Waals surface area (Å²) in [4.78, 5) is 11.5. The highest BCUT2D eigenvalue weighted by atomic mass is 32.1. The molecule has 0 bridgehead atoms. The molecule has 0 saturated heterocycles. The number of rotatable bonds is 7. The van der Waals surface area contributed by atoms with Crippen LogP contribution in [0.2, 0.25) is 0 Å². The molecule has 7 heteroatoms. The maximum absolute atomic E-state index is 11.5. The first-order chi connectivity index (χ1) is 12.8. The molecular formula is C20H28N4O2S. The van der Waals surface area contributed by atoms with Crippen LogP contribution in [0.4, 0.5) is 10.5 Å². The quantitative estimate of drug-likeness (QED) is 0.431. The SMILES string of the molecule is CC(C)(C)OC(=O)NCCNC(=S)NCCNc1cccc2ccccc12. The van der Waals surface area contributed by atoms with Gasteiger partial charge in [-0.25, -0.2) is 4.79 Å². The minimum absolute atomic E-state index is 0.428. The number of ether oxygens (including phenoxy) is 1. The van der Waals surface area contributed by atoms with E-state index in [1.54, 1.807) is 0 Å². The molecule has 2 aromatic carbocycles. The van der Waals surface area contributed by atoms with E-state index in [9.17, 15) is 4.79 Å². The Hall–Kier alpha value is -2.54. The molecule has 0 heterocycles. The zero-order valence-electron chi connectivity index (χ0n) is 16.1. The lowest BCUT2D eigenvalue weighted by Crippen LogP contribution is -2.42. The van der Waals surface area contributed by atoms with Crippen LogP contribution < -0.4 is 21.3 Å². The van der Waals surface area contributed by atoms with Gasteiger partial charge in [-0.15, -0.1) is 0 Å². The third kappa shape index (κ3) is 7.70. The number of nitrogens with one attached hydrogen (secondary N) is 4. The lowest BCUT2D eigenvalue weighted by atomic mass is 10.1. The van der Waals surface area contributed by atoms with Crippen LogP contribution >= 0.6 is 12.2 Å². The lowest BCUT2D eigenvalue weighted by molar-refractivity contribution is 0.0529. The standard InChI is InChI=1S/C20H28N4O2S/c1-20(2,3)26-19(25)24-14-13-23-18(27)22-12-11-21-17-10-6-8-15-7-4-5-9-16(15)17/h4-10,21H,11-14H2,1-3H3,(H,24,25)(H2,22,23,27). The summed E-state index contributed by atoms with van der Waals surface area (Å²) < 4.78 is 5.16. The van der Waals surface area contributed by atoms with Crippen molar-refractivity contribution in [3.8, 4) is 0 Å².